The van der Waals surface area contributed by atoms with Crippen LogP contribution in [0, 0.1) is 6.08 Å². The van der Waals surface area contributed by atoms with Gasteiger partial charge in [0, 0.05) is 34.3 Å². The van der Waals surface area contributed by atoms with Crippen LogP contribution >= 0.6 is 0 Å². The van der Waals surface area contributed by atoms with Gasteiger partial charge in [-0.2, -0.15) is 6.08 Å². The maximum atomic E-state index is 3.35. The topological polar surface area (TPSA) is 0 Å². The van der Waals surface area contributed by atoms with Crippen LogP contribution in [0.2, 0.25) is 25.7 Å². The van der Waals surface area contributed by atoms with Crippen LogP contribution in [0.25, 0.3) is 0 Å². The van der Waals surface area contributed by atoms with Crippen LogP contribution in [0.15, 0.2) is 17.7 Å². The number of allylic oxidation sites excluding steroid dienone is 4. The van der Waals surface area contributed by atoms with Gasteiger partial charge in [0.15, 0.2) is 0 Å². The fraction of sp³-hybridized carbons (Fsp3) is 0.556. The van der Waals surface area contributed by atoms with Gasteiger partial charge in [-0.15, -0.1) is 6.42 Å². The van der Waals surface area contributed by atoms with E-state index in [1.165, 1.54) is 11.6 Å². The van der Waals surface area contributed by atoms with E-state index in [9.17, 15) is 0 Å². The molecule has 1 aliphatic rings. The van der Waals surface area contributed by atoms with Gasteiger partial charge in [0.1, 0.15) is 0 Å². The summed E-state index contributed by atoms with van der Waals surface area (Å²) in [5.74, 6) is 0. The standard InChI is InChI=1S/C9H15Si.Zr/c1-10(2,3)8-9-6-4-5-7-9;/h4,6H,5,8H2,1-3H3;/q-1;. The molecule has 0 N–H and O–H groups in total. The Labute approximate surface area is 89.9 Å². The van der Waals surface area contributed by atoms with Gasteiger partial charge in [-0.05, 0) is 0 Å². The molecular weight excluding hydrogens is 227 g/mol. The van der Waals surface area contributed by atoms with E-state index in [0.29, 0.717) is 0 Å². The van der Waals surface area contributed by atoms with Crippen molar-refractivity contribution in [1.82, 2.24) is 0 Å². The van der Waals surface area contributed by atoms with Gasteiger partial charge in [-0.25, -0.2) is 11.6 Å². The molecule has 0 saturated heterocycles. The summed E-state index contributed by atoms with van der Waals surface area (Å²) < 4.78 is 0. The summed E-state index contributed by atoms with van der Waals surface area (Å²) in [5.41, 5.74) is 1.44. The van der Waals surface area contributed by atoms with Crippen LogP contribution in [0.4, 0.5) is 0 Å². The van der Waals surface area contributed by atoms with Gasteiger partial charge >= 0.3 is 0 Å². The van der Waals surface area contributed by atoms with E-state index in [-0.39, 0.29) is 26.2 Å². The molecule has 1 rings (SSSR count). The summed E-state index contributed by atoms with van der Waals surface area (Å²) in [5, 5.41) is 0. The molecule has 1 aliphatic carbocycles. The Morgan fingerprint density at radius 2 is 2.09 bits per heavy atom. The first kappa shape index (κ1) is 11.6. The predicted molar refractivity (Wildman–Crippen MR) is 48.7 cm³/mol. The molecule has 0 bridgehead atoms. The summed E-state index contributed by atoms with van der Waals surface area (Å²) >= 11 is 0. The van der Waals surface area contributed by atoms with Crippen molar-refractivity contribution in [3.8, 4) is 0 Å². The van der Waals surface area contributed by atoms with E-state index >= 15 is 0 Å². The molecule has 2 heteroatoms. The maximum Gasteiger partial charge on any atom is 0.0456 e. The third kappa shape index (κ3) is 4.92. The molecular formula is C9H15SiZr-. The Balaban J connectivity index is 0.000001000. The predicted octanol–water partition coefficient (Wildman–Crippen LogP) is 3.01. The zero-order valence-electron chi connectivity index (χ0n) is 7.57. The van der Waals surface area contributed by atoms with Crippen molar-refractivity contribution in [3.05, 3.63) is 23.8 Å². The van der Waals surface area contributed by atoms with Gasteiger partial charge in [-0.3, -0.25) is 6.08 Å². The third-order valence-electron chi connectivity index (χ3n) is 1.49. The SMILES string of the molecule is C[Si](C)(C)CC1=[C-]CC=C1.[Zr]. The van der Waals surface area contributed by atoms with Crippen molar-refractivity contribution < 1.29 is 26.2 Å². The molecule has 0 amide bonds. The average molecular weight is 243 g/mol. The van der Waals surface area contributed by atoms with Crippen LogP contribution in [0.5, 0.6) is 0 Å². The minimum Gasteiger partial charge on any atom is -0.270 e. The van der Waals surface area contributed by atoms with Crippen LogP contribution in [0.1, 0.15) is 6.42 Å². The number of hydrogen-bond donors (Lipinski definition) is 0. The number of rotatable bonds is 2. The molecule has 60 valence electrons. The minimum atomic E-state index is -0.873. The molecule has 0 nitrogen and oxygen atoms in total. The molecule has 0 unspecified atom stereocenters. The van der Waals surface area contributed by atoms with Gasteiger partial charge in [0.25, 0.3) is 0 Å². The quantitative estimate of drug-likeness (QED) is 0.516. The second kappa shape index (κ2) is 4.57. The number of hydrogen-bond acceptors (Lipinski definition) is 0. The molecule has 0 aromatic carbocycles. The minimum absolute atomic E-state index is 0. The fourth-order valence-electron chi connectivity index (χ4n) is 1.14. The Bertz CT molecular complexity index is 174. The summed E-state index contributed by atoms with van der Waals surface area (Å²) in [7, 11) is -0.873. The Hall–Kier alpha value is 0.580. The molecule has 0 atom stereocenters. The zero-order chi connectivity index (χ0) is 7.61. The molecule has 0 aromatic rings. The second-order valence-electron chi connectivity index (χ2n) is 4.05. The van der Waals surface area contributed by atoms with Gasteiger partial charge in [-0.1, -0.05) is 25.7 Å². The van der Waals surface area contributed by atoms with Crippen molar-refractivity contribution in [2.75, 3.05) is 0 Å². The van der Waals surface area contributed by atoms with Crippen molar-refractivity contribution in [1.29, 1.82) is 0 Å². The molecule has 0 fully saturated rings. The van der Waals surface area contributed by atoms with Gasteiger partial charge in [0.2, 0.25) is 0 Å². The monoisotopic (exact) mass is 241 g/mol. The molecule has 0 heterocycles. The Morgan fingerprint density at radius 1 is 1.45 bits per heavy atom. The summed E-state index contributed by atoms with van der Waals surface area (Å²) in [6.07, 6.45) is 8.81. The maximum absolute atomic E-state index is 3.35. The Kier molecular flexibility index (Phi) is 4.81. The van der Waals surface area contributed by atoms with E-state index in [1.54, 1.807) is 0 Å². The van der Waals surface area contributed by atoms with Crippen LogP contribution in [-0.4, -0.2) is 8.07 Å². The summed E-state index contributed by atoms with van der Waals surface area (Å²) in [6.45, 7) is 7.19. The largest absolute Gasteiger partial charge is 0.270 e. The Morgan fingerprint density at radius 3 is 2.45 bits per heavy atom. The first-order valence-corrected chi connectivity index (χ1v) is 7.55. The molecule has 0 saturated carbocycles. The molecule has 0 aromatic heterocycles. The average Bonchev–Trinajstić information content (AvgIpc) is 2.12. The van der Waals surface area contributed by atoms with E-state index in [1.807, 2.05) is 0 Å². The van der Waals surface area contributed by atoms with Gasteiger partial charge < -0.3 is 0 Å². The van der Waals surface area contributed by atoms with Crippen molar-refractivity contribution in [2.45, 2.75) is 32.1 Å². The van der Waals surface area contributed by atoms with Crippen molar-refractivity contribution in [3.63, 3.8) is 0 Å². The fourth-order valence-corrected chi connectivity index (χ4v) is 2.53. The molecule has 0 spiro atoms. The van der Waals surface area contributed by atoms with Crippen molar-refractivity contribution in [2.24, 2.45) is 0 Å². The molecule has 0 aliphatic heterocycles. The molecule has 0 radical (unpaired) electrons. The second-order valence-corrected chi connectivity index (χ2v) is 9.52. The molecule has 11 heavy (non-hydrogen) atoms. The van der Waals surface area contributed by atoms with Gasteiger partial charge in [0.05, 0.1) is 0 Å². The van der Waals surface area contributed by atoms with Crippen molar-refractivity contribution >= 4 is 8.07 Å². The van der Waals surface area contributed by atoms with E-state index in [2.05, 4.69) is 37.9 Å². The normalized spacial score (nSPS) is 16.1. The smallest absolute Gasteiger partial charge is 0.0456 e. The third-order valence-corrected chi connectivity index (χ3v) is 2.93. The zero-order valence-corrected chi connectivity index (χ0v) is 11.0. The summed E-state index contributed by atoms with van der Waals surface area (Å²) in [6, 6.07) is 1.30. The first-order valence-electron chi connectivity index (χ1n) is 3.84. The summed E-state index contributed by atoms with van der Waals surface area (Å²) in [4.78, 5) is 0. The van der Waals surface area contributed by atoms with E-state index < -0.39 is 8.07 Å². The van der Waals surface area contributed by atoms with Crippen LogP contribution in [-0.2, 0) is 26.2 Å². The van der Waals surface area contributed by atoms with E-state index in [0.717, 1.165) is 6.42 Å². The van der Waals surface area contributed by atoms with Crippen LogP contribution < -0.4 is 0 Å². The first-order chi connectivity index (χ1) is 4.58. The van der Waals surface area contributed by atoms with Crippen LogP contribution in [0.3, 0.4) is 0 Å². The van der Waals surface area contributed by atoms with E-state index in [4.69, 9.17) is 0 Å².